The summed E-state index contributed by atoms with van der Waals surface area (Å²) in [5, 5.41) is 0.693. The minimum atomic E-state index is -0.227. The predicted octanol–water partition coefficient (Wildman–Crippen LogP) is 2.74. The largest absolute Gasteiger partial charge is 0.329 e. The molecular weight excluding hydrogens is 248 g/mol. The van der Waals surface area contributed by atoms with Crippen LogP contribution in [0.2, 0.25) is 5.02 Å². The van der Waals surface area contributed by atoms with Gasteiger partial charge in [0.05, 0.1) is 6.04 Å². The van der Waals surface area contributed by atoms with Crippen LogP contribution in [-0.4, -0.2) is 22.4 Å². The molecule has 0 radical (unpaired) electrons. The van der Waals surface area contributed by atoms with Crippen LogP contribution in [0.15, 0.2) is 24.3 Å². The number of nitrogens with zero attached hydrogens (tertiary/aromatic N) is 1. The van der Waals surface area contributed by atoms with Crippen LogP contribution >= 0.6 is 11.6 Å². The number of rotatable bonds is 1. The highest BCUT2D eigenvalue weighted by atomic mass is 35.5. The second kappa shape index (κ2) is 4.56. The summed E-state index contributed by atoms with van der Waals surface area (Å²) < 4.78 is 0. The third-order valence-electron chi connectivity index (χ3n) is 3.30. The molecule has 18 heavy (non-hydrogen) atoms. The van der Waals surface area contributed by atoms with E-state index in [0.29, 0.717) is 11.4 Å². The van der Waals surface area contributed by atoms with Gasteiger partial charge in [-0.3, -0.25) is 4.79 Å². The van der Waals surface area contributed by atoms with E-state index in [0.717, 1.165) is 5.56 Å². The van der Waals surface area contributed by atoms with Crippen molar-refractivity contribution in [3.05, 3.63) is 34.9 Å². The monoisotopic (exact) mass is 266 g/mol. The molecule has 98 valence electrons. The number of carbonyl (C=O) groups is 1. The Hall–Kier alpha value is -1.06. The summed E-state index contributed by atoms with van der Waals surface area (Å²) in [6.07, 6.45) is 0.407. The molecule has 0 bridgehead atoms. The number of halogens is 1. The molecule has 2 N–H and O–H groups in total. The van der Waals surface area contributed by atoms with Crippen molar-refractivity contribution in [2.45, 2.75) is 44.8 Å². The van der Waals surface area contributed by atoms with Gasteiger partial charge >= 0.3 is 0 Å². The quantitative estimate of drug-likeness (QED) is 0.850. The minimum absolute atomic E-state index is 0.0604. The average Bonchev–Trinajstić information content (AvgIpc) is 2.54. The normalized spacial score (nSPS) is 24.7. The molecule has 2 atom stereocenters. The highest BCUT2D eigenvalue weighted by Crippen LogP contribution is 2.37. The Morgan fingerprint density at radius 3 is 2.33 bits per heavy atom. The number of amides is 1. The number of carbonyl (C=O) groups excluding carboxylic acids is 1. The van der Waals surface area contributed by atoms with Gasteiger partial charge in [0, 0.05) is 23.0 Å². The Bertz CT molecular complexity index is 450. The first-order chi connectivity index (χ1) is 8.30. The van der Waals surface area contributed by atoms with Gasteiger partial charge in [-0.25, -0.2) is 0 Å². The van der Waals surface area contributed by atoms with Crippen molar-refractivity contribution in [3.63, 3.8) is 0 Å². The predicted molar refractivity (Wildman–Crippen MR) is 73.4 cm³/mol. The van der Waals surface area contributed by atoms with Crippen LogP contribution in [0, 0.1) is 0 Å². The van der Waals surface area contributed by atoms with E-state index in [9.17, 15) is 4.79 Å². The maximum atomic E-state index is 12.1. The van der Waals surface area contributed by atoms with Crippen molar-refractivity contribution >= 4 is 17.5 Å². The highest BCUT2D eigenvalue weighted by molar-refractivity contribution is 6.30. The lowest BCUT2D eigenvalue weighted by molar-refractivity contribution is -0.133. The molecule has 0 aromatic heterocycles. The van der Waals surface area contributed by atoms with Crippen LogP contribution in [0.25, 0.3) is 0 Å². The van der Waals surface area contributed by atoms with E-state index in [1.807, 2.05) is 49.9 Å². The van der Waals surface area contributed by atoms with Gasteiger partial charge in [0.25, 0.3) is 0 Å². The topological polar surface area (TPSA) is 46.3 Å². The smallest absolute Gasteiger partial charge is 0.225 e. The van der Waals surface area contributed by atoms with Gasteiger partial charge in [-0.15, -0.1) is 0 Å². The molecule has 1 aromatic carbocycles. The first kappa shape index (κ1) is 13.4. The van der Waals surface area contributed by atoms with Gasteiger partial charge in [-0.2, -0.15) is 0 Å². The van der Waals surface area contributed by atoms with E-state index in [-0.39, 0.29) is 23.5 Å². The molecule has 1 fully saturated rings. The van der Waals surface area contributed by atoms with Crippen molar-refractivity contribution in [2.75, 3.05) is 0 Å². The second-order valence-electron chi connectivity index (χ2n) is 5.80. The zero-order valence-electron chi connectivity index (χ0n) is 11.0. The fourth-order valence-electron chi connectivity index (χ4n) is 2.61. The van der Waals surface area contributed by atoms with Crippen molar-refractivity contribution in [3.8, 4) is 0 Å². The Balaban J connectivity index is 2.40. The van der Waals surface area contributed by atoms with Gasteiger partial charge in [-0.1, -0.05) is 23.7 Å². The molecule has 1 aromatic rings. The highest BCUT2D eigenvalue weighted by Gasteiger charge is 2.43. The number of likely N-dealkylation sites (tertiary alicyclic amines) is 1. The number of hydrogen-bond donors (Lipinski definition) is 1. The summed E-state index contributed by atoms with van der Waals surface area (Å²) in [6.45, 7) is 6.10. The first-order valence-electron chi connectivity index (χ1n) is 6.14. The Labute approximate surface area is 113 Å². The summed E-state index contributed by atoms with van der Waals surface area (Å²) in [4.78, 5) is 14.0. The van der Waals surface area contributed by atoms with Crippen molar-refractivity contribution < 1.29 is 4.79 Å². The zero-order valence-corrected chi connectivity index (χ0v) is 11.7. The van der Waals surface area contributed by atoms with E-state index in [2.05, 4.69) is 0 Å². The van der Waals surface area contributed by atoms with Crippen LogP contribution in [0.3, 0.4) is 0 Å². The Kier molecular flexibility index (Phi) is 3.39. The number of nitrogens with two attached hydrogens (primary N) is 1. The van der Waals surface area contributed by atoms with E-state index in [1.165, 1.54) is 0 Å². The minimum Gasteiger partial charge on any atom is -0.329 e. The molecule has 4 heteroatoms. The Morgan fingerprint density at radius 1 is 1.28 bits per heavy atom. The molecule has 0 aliphatic carbocycles. The third kappa shape index (κ3) is 2.38. The lowest BCUT2D eigenvalue weighted by Crippen LogP contribution is -2.45. The van der Waals surface area contributed by atoms with Crippen molar-refractivity contribution in [2.24, 2.45) is 5.73 Å². The van der Waals surface area contributed by atoms with Crippen LogP contribution in [0.4, 0.5) is 0 Å². The second-order valence-corrected chi connectivity index (χ2v) is 6.24. The maximum absolute atomic E-state index is 12.1. The molecule has 1 aliphatic heterocycles. The number of benzene rings is 1. The molecule has 3 nitrogen and oxygen atoms in total. The SMILES string of the molecule is CC(C)(C)N1C(=O)CC(N)C1c1ccc(Cl)cc1. The van der Waals surface area contributed by atoms with Crippen LogP contribution < -0.4 is 5.73 Å². The van der Waals surface area contributed by atoms with Gasteiger partial charge in [0.1, 0.15) is 0 Å². The molecule has 0 saturated carbocycles. The summed E-state index contributed by atoms with van der Waals surface area (Å²) >= 11 is 5.90. The van der Waals surface area contributed by atoms with E-state index in [1.54, 1.807) is 0 Å². The Morgan fingerprint density at radius 2 is 1.83 bits per heavy atom. The molecule has 0 spiro atoms. The van der Waals surface area contributed by atoms with Gasteiger partial charge in [0.15, 0.2) is 0 Å². The summed E-state index contributed by atoms with van der Waals surface area (Å²) in [5.74, 6) is 0.120. The summed E-state index contributed by atoms with van der Waals surface area (Å²) in [7, 11) is 0. The van der Waals surface area contributed by atoms with Gasteiger partial charge < -0.3 is 10.6 Å². The molecule has 1 saturated heterocycles. The molecule has 1 amide bonds. The molecule has 2 unspecified atom stereocenters. The van der Waals surface area contributed by atoms with Crippen molar-refractivity contribution in [1.29, 1.82) is 0 Å². The van der Waals surface area contributed by atoms with Crippen LogP contribution in [0.1, 0.15) is 38.8 Å². The van der Waals surface area contributed by atoms with Gasteiger partial charge in [-0.05, 0) is 38.5 Å². The molecule has 1 heterocycles. The fourth-order valence-corrected chi connectivity index (χ4v) is 2.73. The lowest BCUT2D eigenvalue weighted by Gasteiger charge is -2.38. The van der Waals surface area contributed by atoms with E-state index < -0.39 is 0 Å². The average molecular weight is 267 g/mol. The van der Waals surface area contributed by atoms with Crippen molar-refractivity contribution in [1.82, 2.24) is 4.90 Å². The van der Waals surface area contributed by atoms with Crippen LogP contribution in [-0.2, 0) is 4.79 Å². The molecule has 1 aliphatic rings. The fraction of sp³-hybridized carbons (Fsp3) is 0.500. The summed E-state index contributed by atoms with van der Waals surface area (Å²) in [6, 6.07) is 7.36. The standard InChI is InChI=1S/C14H19ClN2O/c1-14(2,3)17-12(18)8-11(16)13(17)9-4-6-10(15)7-5-9/h4-7,11,13H,8,16H2,1-3H3. The first-order valence-corrected chi connectivity index (χ1v) is 6.51. The molecule has 2 rings (SSSR count). The van der Waals surface area contributed by atoms with Crippen LogP contribution in [0.5, 0.6) is 0 Å². The third-order valence-corrected chi connectivity index (χ3v) is 3.55. The number of hydrogen-bond acceptors (Lipinski definition) is 2. The van der Waals surface area contributed by atoms with Gasteiger partial charge in [0.2, 0.25) is 5.91 Å². The van der Waals surface area contributed by atoms with E-state index in [4.69, 9.17) is 17.3 Å². The maximum Gasteiger partial charge on any atom is 0.225 e. The lowest BCUT2D eigenvalue weighted by atomic mass is 9.97. The zero-order chi connectivity index (χ0) is 13.5. The van der Waals surface area contributed by atoms with E-state index >= 15 is 0 Å². The molecular formula is C14H19ClN2O. The summed E-state index contributed by atoms with van der Waals surface area (Å²) in [5.41, 5.74) is 6.95.